The molecule has 1 saturated carbocycles. The van der Waals surface area contributed by atoms with Gasteiger partial charge < -0.3 is 4.74 Å². The monoisotopic (exact) mass is 448 g/mol. The molecule has 1 aliphatic carbocycles. The van der Waals surface area contributed by atoms with Gasteiger partial charge in [0.15, 0.2) is 0 Å². The van der Waals surface area contributed by atoms with E-state index < -0.39 is 0 Å². The summed E-state index contributed by atoms with van der Waals surface area (Å²) in [6.07, 6.45) is 13.7. The summed E-state index contributed by atoms with van der Waals surface area (Å²) in [4.78, 5) is 1.29. The average molecular weight is 449 g/mol. The summed E-state index contributed by atoms with van der Waals surface area (Å²) >= 11 is 5.95. The minimum atomic E-state index is -0.0695. The van der Waals surface area contributed by atoms with E-state index in [1.165, 1.54) is 56.2 Å². The minimum Gasteiger partial charge on any atom is -0.373 e. The quantitative estimate of drug-likeness (QED) is 0.315. The van der Waals surface area contributed by atoms with Crippen LogP contribution in [0, 0.1) is 23.6 Å². The van der Waals surface area contributed by atoms with Crippen LogP contribution in [-0.2, 0) is 11.2 Å². The fraction of sp³-hybridized carbons (Fsp3) is 0.692. The predicted molar refractivity (Wildman–Crippen MR) is 130 cm³/mol. The van der Waals surface area contributed by atoms with Crippen LogP contribution in [-0.4, -0.2) is 12.4 Å². The van der Waals surface area contributed by atoms with E-state index in [2.05, 4.69) is 31.7 Å². The van der Waals surface area contributed by atoms with Gasteiger partial charge in [-0.25, -0.2) is 4.39 Å². The number of unbranched alkanes of at least 4 members (excludes halogenated alkanes) is 1. The first-order valence-corrected chi connectivity index (χ1v) is 13.6. The SMILES string of the molecule is CCCc1cc2ccc(C3CCC(C4CCC(CCCCS)CC4)CO3)c(F)c2s1. The topological polar surface area (TPSA) is 9.23 Å². The number of fused-ring (bicyclic) bond motifs is 1. The van der Waals surface area contributed by atoms with Gasteiger partial charge in [-0.05, 0) is 73.5 Å². The molecule has 0 bridgehead atoms. The number of rotatable bonds is 8. The van der Waals surface area contributed by atoms with Crippen LogP contribution < -0.4 is 0 Å². The second kappa shape index (κ2) is 10.8. The molecular formula is C26H37FOS2. The van der Waals surface area contributed by atoms with Crippen molar-refractivity contribution in [3.63, 3.8) is 0 Å². The second-order valence-electron chi connectivity index (χ2n) is 9.51. The first-order valence-electron chi connectivity index (χ1n) is 12.1. The summed E-state index contributed by atoms with van der Waals surface area (Å²) in [6, 6.07) is 6.22. The van der Waals surface area contributed by atoms with Crippen molar-refractivity contribution in [1.82, 2.24) is 0 Å². The third kappa shape index (κ3) is 5.24. The molecule has 2 heterocycles. The van der Waals surface area contributed by atoms with Gasteiger partial charge in [0.05, 0.1) is 17.4 Å². The van der Waals surface area contributed by atoms with E-state index in [9.17, 15) is 0 Å². The Morgan fingerprint density at radius 1 is 1.07 bits per heavy atom. The van der Waals surface area contributed by atoms with E-state index in [0.717, 1.165) is 59.1 Å². The second-order valence-corrected chi connectivity index (χ2v) is 11.1. The lowest BCUT2D eigenvalue weighted by Crippen LogP contribution is -2.30. The summed E-state index contributed by atoms with van der Waals surface area (Å²) in [6.45, 7) is 2.98. The largest absolute Gasteiger partial charge is 0.373 e. The molecule has 1 aromatic heterocycles. The number of thiophene rings is 1. The van der Waals surface area contributed by atoms with Crippen LogP contribution >= 0.6 is 24.0 Å². The third-order valence-electron chi connectivity index (χ3n) is 7.44. The Bertz CT molecular complexity index is 801. The highest BCUT2D eigenvalue weighted by Gasteiger charge is 2.32. The zero-order chi connectivity index (χ0) is 20.9. The molecule has 0 radical (unpaired) electrons. The number of halogens is 1. The Kier molecular flexibility index (Phi) is 8.16. The molecule has 2 unspecified atom stereocenters. The molecule has 1 nitrogen and oxygen atoms in total. The maximum atomic E-state index is 15.3. The number of thiol groups is 1. The van der Waals surface area contributed by atoms with Crippen LogP contribution in [0.2, 0.25) is 0 Å². The summed E-state index contributed by atoms with van der Waals surface area (Å²) in [5.41, 5.74) is 0.777. The van der Waals surface area contributed by atoms with Crippen molar-refractivity contribution in [3.8, 4) is 0 Å². The number of hydrogen-bond acceptors (Lipinski definition) is 3. The van der Waals surface area contributed by atoms with Gasteiger partial charge in [0, 0.05) is 10.4 Å². The van der Waals surface area contributed by atoms with Crippen LogP contribution in [0.15, 0.2) is 18.2 Å². The van der Waals surface area contributed by atoms with Crippen molar-refractivity contribution in [2.75, 3.05) is 12.4 Å². The first kappa shape index (κ1) is 22.6. The van der Waals surface area contributed by atoms with Gasteiger partial charge in [-0.2, -0.15) is 12.6 Å². The van der Waals surface area contributed by atoms with Crippen LogP contribution in [0.5, 0.6) is 0 Å². The Morgan fingerprint density at radius 2 is 1.87 bits per heavy atom. The normalized spacial score (nSPS) is 27.6. The van der Waals surface area contributed by atoms with Gasteiger partial charge in [-0.1, -0.05) is 51.2 Å². The summed E-state index contributed by atoms with van der Waals surface area (Å²) < 4.78 is 22.3. The smallest absolute Gasteiger partial charge is 0.146 e. The van der Waals surface area contributed by atoms with Crippen molar-refractivity contribution in [1.29, 1.82) is 0 Å². The van der Waals surface area contributed by atoms with Gasteiger partial charge in [0.25, 0.3) is 0 Å². The number of ether oxygens (including phenoxy) is 1. The summed E-state index contributed by atoms with van der Waals surface area (Å²) in [5.74, 6) is 3.40. The Morgan fingerprint density at radius 3 is 2.57 bits per heavy atom. The van der Waals surface area contributed by atoms with E-state index in [-0.39, 0.29) is 11.9 Å². The maximum Gasteiger partial charge on any atom is 0.146 e. The molecule has 2 aromatic rings. The minimum absolute atomic E-state index is 0.0370. The van der Waals surface area contributed by atoms with Crippen LogP contribution in [0.4, 0.5) is 4.39 Å². The van der Waals surface area contributed by atoms with Crippen LogP contribution in [0.25, 0.3) is 10.1 Å². The Hall–Kier alpha value is -0.580. The van der Waals surface area contributed by atoms with E-state index in [1.54, 1.807) is 11.3 Å². The fourth-order valence-electron chi connectivity index (χ4n) is 5.64. The molecule has 1 aliphatic heterocycles. The van der Waals surface area contributed by atoms with Crippen LogP contribution in [0.1, 0.15) is 87.7 Å². The third-order valence-corrected chi connectivity index (χ3v) is 8.96. The molecule has 166 valence electrons. The van der Waals surface area contributed by atoms with Crippen molar-refractivity contribution < 1.29 is 9.13 Å². The standard InChI is InChI=1S/C26H37FOS2/c1-2-5-22-16-20-11-13-23(25(27)26(20)30-22)24-14-12-21(17-28-24)19-9-7-18(8-10-19)6-3-4-15-29/h11,13,16,18-19,21,24,29H,2-10,12,14-15,17H2,1H3. The van der Waals surface area contributed by atoms with Gasteiger partial charge in [0.2, 0.25) is 0 Å². The molecule has 1 saturated heterocycles. The van der Waals surface area contributed by atoms with E-state index in [0.29, 0.717) is 5.92 Å². The van der Waals surface area contributed by atoms with Gasteiger partial charge in [-0.3, -0.25) is 0 Å². The molecule has 0 spiro atoms. The molecule has 4 rings (SSSR count). The van der Waals surface area contributed by atoms with E-state index in [4.69, 9.17) is 4.74 Å². The highest BCUT2D eigenvalue weighted by Crippen LogP contribution is 2.43. The van der Waals surface area contributed by atoms with Gasteiger partial charge >= 0.3 is 0 Å². The zero-order valence-electron chi connectivity index (χ0n) is 18.4. The highest BCUT2D eigenvalue weighted by atomic mass is 32.1. The molecule has 30 heavy (non-hydrogen) atoms. The van der Waals surface area contributed by atoms with Gasteiger partial charge in [-0.15, -0.1) is 11.3 Å². The molecule has 0 amide bonds. The number of benzene rings is 1. The summed E-state index contributed by atoms with van der Waals surface area (Å²) in [5, 5.41) is 1.05. The maximum absolute atomic E-state index is 15.3. The number of hydrogen-bond donors (Lipinski definition) is 1. The lowest BCUT2D eigenvalue weighted by atomic mass is 9.72. The first-order chi connectivity index (χ1) is 14.7. The lowest BCUT2D eigenvalue weighted by Gasteiger charge is -2.38. The lowest BCUT2D eigenvalue weighted by molar-refractivity contribution is -0.0417. The summed E-state index contributed by atoms with van der Waals surface area (Å²) in [7, 11) is 0. The molecule has 2 aliphatic rings. The number of aryl methyl sites for hydroxylation is 1. The Labute approximate surface area is 191 Å². The fourth-order valence-corrected chi connectivity index (χ4v) is 7.07. The molecule has 0 N–H and O–H groups in total. The average Bonchev–Trinajstić information content (AvgIpc) is 3.19. The molecular weight excluding hydrogens is 411 g/mol. The van der Waals surface area contributed by atoms with Crippen LogP contribution in [0.3, 0.4) is 0 Å². The molecule has 1 aromatic carbocycles. The van der Waals surface area contributed by atoms with Crippen molar-refractivity contribution in [2.45, 2.75) is 83.7 Å². The molecule has 2 fully saturated rings. The van der Waals surface area contributed by atoms with Crippen molar-refractivity contribution >= 4 is 34.1 Å². The molecule has 2 atom stereocenters. The van der Waals surface area contributed by atoms with Crippen molar-refractivity contribution in [3.05, 3.63) is 34.5 Å². The zero-order valence-corrected chi connectivity index (χ0v) is 20.1. The predicted octanol–water partition coefficient (Wildman–Crippen LogP) is 8.37. The van der Waals surface area contributed by atoms with E-state index >= 15 is 4.39 Å². The Balaban J connectivity index is 1.31. The molecule has 4 heteroatoms. The van der Waals surface area contributed by atoms with E-state index in [1.807, 2.05) is 6.07 Å². The van der Waals surface area contributed by atoms with Gasteiger partial charge in [0.1, 0.15) is 5.82 Å². The highest BCUT2D eigenvalue weighted by molar-refractivity contribution is 7.80. The van der Waals surface area contributed by atoms with Crippen molar-refractivity contribution in [2.24, 2.45) is 17.8 Å².